The minimum atomic E-state index is -0.193. The van der Waals surface area contributed by atoms with E-state index in [4.69, 9.17) is 10.6 Å². The summed E-state index contributed by atoms with van der Waals surface area (Å²) >= 11 is 0. The van der Waals surface area contributed by atoms with Crippen LogP contribution in [-0.2, 0) is 4.74 Å². The molecule has 6 nitrogen and oxygen atoms in total. The van der Waals surface area contributed by atoms with Crippen LogP contribution in [0.2, 0.25) is 0 Å². The summed E-state index contributed by atoms with van der Waals surface area (Å²) in [5, 5.41) is 2.82. The molecule has 1 aromatic rings. The molecular formula is C11H16N4O2. The highest BCUT2D eigenvalue weighted by atomic mass is 16.5. The Labute approximate surface area is 99.5 Å². The van der Waals surface area contributed by atoms with E-state index < -0.39 is 0 Å². The van der Waals surface area contributed by atoms with E-state index in [9.17, 15) is 4.79 Å². The minimum absolute atomic E-state index is 0.130. The summed E-state index contributed by atoms with van der Waals surface area (Å²) in [5.41, 5.74) is 3.47. The van der Waals surface area contributed by atoms with E-state index in [1.165, 1.54) is 6.20 Å². The standard InChI is InChI=1S/C11H16N4O2/c12-15-10-3-4-13-7-9(10)11(16)14-6-8-2-1-5-17-8/h3-4,7-8H,1-2,5-6,12H2,(H,13,15)(H,14,16). The second-order valence-corrected chi connectivity index (χ2v) is 3.91. The van der Waals surface area contributed by atoms with Gasteiger partial charge in [-0.25, -0.2) is 0 Å². The third-order valence-electron chi connectivity index (χ3n) is 2.74. The van der Waals surface area contributed by atoms with Crippen molar-refractivity contribution < 1.29 is 9.53 Å². The largest absolute Gasteiger partial charge is 0.376 e. The Kier molecular flexibility index (Phi) is 3.89. The molecule has 1 unspecified atom stereocenters. The van der Waals surface area contributed by atoms with Gasteiger partial charge in [-0.05, 0) is 18.9 Å². The topological polar surface area (TPSA) is 89.3 Å². The van der Waals surface area contributed by atoms with Gasteiger partial charge >= 0.3 is 0 Å². The number of nitrogens with two attached hydrogens (primary N) is 1. The van der Waals surface area contributed by atoms with Gasteiger partial charge in [-0.15, -0.1) is 0 Å². The molecule has 0 aromatic carbocycles. The van der Waals surface area contributed by atoms with Crippen LogP contribution in [0.4, 0.5) is 5.69 Å². The average Bonchev–Trinajstić information content (AvgIpc) is 2.89. The zero-order valence-electron chi connectivity index (χ0n) is 9.48. The van der Waals surface area contributed by atoms with Gasteiger partial charge < -0.3 is 15.5 Å². The van der Waals surface area contributed by atoms with E-state index >= 15 is 0 Å². The highest BCUT2D eigenvalue weighted by Crippen LogP contribution is 2.13. The van der Waals surface area contributed by atoms with Crippen LogP contribution in [-0.4, -0.2) is 30.1 Å². The number of aromatic nitrogens is 1. The van der Waals surface area contributed by atoms with Crippen LogP contribution >= 0.6 is 0 Å². The summed E-state index contributed by atoms with van der Waals surface area (Å²) in [6.45, 7) is 1.31. The van der Waals surface area contributed by atoms with Gasteiger partial charge in [0.1, 0.15) is 0 Å². The van der Waals surface area contributed by atoms with E-state index in [0.717, 1.165) is 19.4 Å². The molecule has 0 spiro atoms. The number of nitrogens with one attached hydrogen (secondary N) is 2. The van der Waals surface area contributed by atoms with Crippen LogP contribution in [0, 0.1) is 0 Å². The number of ether oxygens (including phenoxy) is 1. The van der Waals surface area contributed by atoms with E-state index in [1.54, 1.807) is 12.3 Å². The van der Waals surface area contributed by atoms with Crippen molar-refractivity contribution in [2.75, 3.05) is 18.6 Å². The Hall–Kier alpha value is -1.66. The van der Waals surface area contributed by atoms with Gasteiger partial charge in [0, 0.05) is 25.5 Å². The molecule has 4 N–H and O–H groups in total. The number of rotatable bonds is 4. The summed E-state index contributed by atoms with van der Waals surface area (Å²) in [5.74, 6) is 5.13. The van der Waals surface area contributed by atoms with Crippen molar-refractivity contribution in [2.24, 2.45) is 5.84 Å². The molecule has 0 aliphatic carbocycles. The fraction of sp³-hybridized carbons (Fsp3) is 0.455. The maximum absolute atomic E-state index is 11.9. The van der Waals surface area contributed by atoms with Crippen LogP contribution in [0.1, 0.15) is 23.2 Å². The summed E-state index contributed by atoms with van der Waals surface area (Å²) in [7, 11) is 0. The van der Waals surface area contributed by atoms with Crippen molar-refractivity contribution in [2.45, 2.75) is 18.9 Å². The highest BCUT2D eigenvalue weighted by molar-refractivity contribution is 5.99. The molecule has 17 heavy (non-hydrogen) atoms. The molecule has 0 bridgehead atoms. The van der Waals surface area contributed by atoms with Crippen LogP contribution in [0.15, 0.2) is 18.5 Å². The number of anilines is 1. The molecular weight excluding hydrogens is 220 g/mol. The molecule has 1 atom stereocenters. The predicted molar refractivity (Wildman–Crippen MR) is 63.4 cm³/mol. The summed E-state index contributed by atoms with van der Waals surface area (Å²) in [4.78, 5) is 15.8. The molecule has 1 saturated heterocycles. The fourth-order valence-electron chi connectivity index (χ4n) is 1.81. The number of nitrogens with zero attached hydrogens (tertiary/aromatic N) is 1. The molecule has 92 valence electrons. The van der Waals surface area contributed by atoms with Crippen molar-refractivity contribution in [3.8, 4) is 0 Å². The van der Waals surface area contributed by atoms with Crippen molar-refractivity contribution in [1.82, 2.24) is 10.3 Å². The molecule has 6 heteroatoms. The smallest absolute Gasteiger partial charge is 0.255 e. The first-order chi connectivity index (χ1) is 8.31. The molecule has 0 saturated carbocycles. The van der Waals surface area contributed by atoms with Gasteiger partial charge in [-0.1, -0.05) is 0 Å². The van der Waals surface area contributed by atoms with Crippen LogP contribution in [0.3, 0.4) is 0 Å². The maximum atomic E-state index is 11.9. The Bertz CT molecular complexity index is 391. The van der Waals surface area contributed by atoms with Gasteiger partial charge in [0.2, 0.25) is 0 Å². The minimum Gasteiger partial charge on any atom is -0.376 e. The first-order valence-corrected chi connectivity index (χ1v) is 5.61. The maximum Gasteiger partial charge on any atom is 0.255 e. The third-order valence-corrected chi connectivity index (χ3v) is 2.74. The summed E-state index contributed by atoms with van der Waals surface area (Å²) in [6.07, 6.45) is 5.25. The van der Waals surface area contributed by atoms with Gasteiger partial charge in [0.25, 0.3) is 5.91 Å². The lowest BCUT2D eigenvalue weighted by Gasteiger charge is -2.12. The SMILES string of the molecule is NNc1ccncc1C(=O)NCC1CCCO1. The quantitative estimate of drug-likeness (QED) is 0.516. The van der Waals surface area contributed by atoms with E-state index in [0.29, 0.717) is 17.8 Å². The van der Waals surface area contributed by atoms with Gasteiger partial charge in [0.15, 0.2) is 0 Å². The van der Waals surface area contributed by atoms with Crippen molar-refractivity contribution in [3.63, 3.8) is 0 Å². The van der Waals surface area contributed by atoms with Crippen LogP contribution in [0.5, 0.6) is 0 Å². The highest BCUT2D eigenvalue weighted by Gasteiger charge is 2.17. The lowest BCUT2D eigenvalue weighted by molar-refractivity contribution is 0.0858. The molecule has 0 radical (unpaired) electrons. The number of pyridine rings is 1. The Balaban J connectivity index is 1.94. The second kappa shape index (κ2) is 5.60. The zero-order valence-corrected chi connectivity index (χ0v) is 9.48. The molecule has 2 heterocycles. The normalized spacial score (nSPS) is 19.0. The molecule has 1 aliphatic heterocycles. The predicted octanol–water partition coefficient (Wildman–Crippen LogP) is 0.276. The zero-order chi connectivity index (χ0) is 12.1. The number of hydrazine groups is 1. The van der Waals surface area contributed by atoms with E-state index in [1.807, 2.05) is 0 Å². The lowest BCUT2D eigenvalue weighted by atomic mass is 10.2. The monoisotopic (exact) mass is 236 g/mol. The number of hydrogen-bond donors (Lipinski definition) is 3. The number of carbonyl (C=O) groups excluding carboxylic acids is 1. The molecule has 1 fully saturated rings. The fourth-order valence-corrected chi connectivity index (χ4v) is 1.81. The first kappa shape index (κ1) is 11.8. The van der Waals surface area contributed by atoms with Crippen molar-refractivity contribution in [1.29, 1.82) is 0 Å². The Morgan fingerprint density at radius 2 is 2.53 bits per heavy atom. The number of nitrogen functional groups attached to an aromatic ring is 1. The number of amides is 1. The number of carbonyl (C=O) groups is 1. The Morgan fingerprint density at radius 1 is 1.65 bits per heavy atom. The van der Waals surface area contributed by atoms with Crippen molar-refractivity contribution >= 4 is 11.6 Å². The van der Waals surface area contributed by atoms with Gasteiger partial charge in [-0.2, -0.15) is 0 Å². The van der Waals surface area contributed by atoms with Crippen LogP contribution in [0.25, 0.3) is 0 Å². The lowest BCUT2D eigenvalue weighted by Crippen LogP contribution is -2.32. The van der Waals surface area contributed by atoms with E-state index in [2.05, 4.69) is 15.7 Å². The third kappa shape index (κ3) is 2.92. The molecule has 1 aromatic heterocycles. The Morgan fingerprint density at radius 3 is 3.24 bits per heavy atom. The molecule has 2 rings (SSSR count). The van der Waals surface area contributed by atoms with Gasteiger partial charge in [-0.3, -0.25) is 15.6 Å². The average molecular weight is 236 g/mol. The summed E-state index contributed by atoms with van der Waals surface area (Å²) in [6, 6.07) is 1.65. The van der Waals surface area contributed by atoms with Crippen molar-refractivity contribution in [3.05, 3.63) is 24.0 Å². The second-order valence-electron chi connectivity index (χ2n) is 3.91. The van der Waals surface area contributed by atoms with Crippen LogP contribution < -0.4 is 16.6 Å². The molecule has 1 aliphatic rings. The van der Waals surface area contributed by atoms with E-state index in [-0.39, 0.29) is 12.0 Å². The number of hydrogen-bond acceptors (Lipinski definition) is 5. The first-order valence-electron chi connectivity index (χ1n) is 5.61. The van der Waals surface area contributed by atoms with Gasteiger partial charge in [0.05, 0.1) is 17.4 Å². The summed E-state index contributed by atoms with van der Waals surface area (Å²) < 4.78 is 5.43. The molecule has 1 amide bonds.